The summed E-state index contributed by atoms with van der Waals surface area (Å²) in [7, 11) is 2.11. The number of nitrogens with two attached hydrogens (primary N) is 1. The molecule has 0 bridgehead atoms. The zero-order valence-corrected chi connectivity index (χ0v) is 10.8. The zero-order valence-electron chi connectivity index (χ0n) is 10.8. The Bertz CT molecular complexity index is 305. The van der Waals surface area contributed by atoms with Gasteiger partial charge in [-0.05, 0) is 25.0 Å². The van der Waals surface area contributed by atoms with Crippen molar-refractivity contribution in [3.05, 3.63) is 24.0 Å². The topological polar surface area (TPSA) is 42.1 Å². The lowest BCUT2D eigenvalue weighted by molar-refractivity contribution is 0.559. The molecule has 0 amide bonds. The van der Waals surface area contributed by atoms with Gasteiger partial charge in [-0.2, -0.15) is 0 Å². The average molecular weight is 221 g/mol. The van der Waals surface area contributed by atoms with Crippen molar-refractivity contribution in [1.82, 2.24) is 4.98 Å². The Morgan fingerprint density at radius 2 is 2.06 bits per heavy atom. The van der Waals surface area contributed by atoms with E-state index in [4.69, 9.17) is 5.73 Å². The molecule has 0 saturated heterocycles. The molecule has 16 heavy (non-hydrogen) atoms. The van der Waals surface area contributed by atoms with Crippen LogP contribution in [0, 0.1) is 5.92 Å². The number of aromatic nitrogens is 1. The standard InChI is InChI=1S/C13H23N3/c1-5-10(2)9-16(4)12-6-7-13(11(3)14)15-8-12/h6-8,10-11H,5,9,14H2,1-4H3. The molecule has 0 aliphatic rings. The number of hydrogen-bond acceptors (Lipinski definition) is 3. The Kier molecular flexibility index (Phi) is 4.74. The second-order valence-corrected chi connectivity index (χ2v) is 4.62. The molecule has 1 aromatic heterocycles. The van der Waals surface area contributed by atoms with Crippen LogP contribution in [0.1, 0.15) is 38.9 Å². The van der Waals surface area contributed by atoms with Crippen LogP contribution >= 0.6 is 0 Å². The minimum atomic E-state index is 0.00826. The average Bonchev–Trinajstić information content (AvgIpc) is 2.28. The fourth-order valence-corrected chi connectivity index (χ4v) is 1.59. The van der Waals surface area contributed by atoms with Gasteiger partial charge < -0.3 is 10.6 Å². The Hall–Kier alpha value is -1.09. The lowest BCUT2D eigenvalue weighted by Crippen LogP contribution is -2.23. The van der Waals surface area contributed by atoms with Gasteiger partial charge in [0.05, 0.1) is 17.6 Å². The summed E-state index contributed by atoms with van der Waals surface area (Å²) in [5.41, 5.74) is 7.87. The van der Waals surface area contributed by atoms with Crippen molar-refractivity contribution < 1.29 is 0 Å². The molecule has 1 aromatic rings. The van der Waals surface area contributed by atoms with Crippen molar-refractivity contribution in [3.8, 4) is 0 Å². The number of anilines is 1. The van der Waals surface area contributed by atoms with Crippen LogP contribution in [-0.2, 0) is 0 Å². The number of pyridine rings is 1. The van der Waals surface area contributed by atoms with E-state index in [1.54, 1.807) is 0 Å². The summed E-state index contributed by atoms with van der Waals surface area (Å²) >= 11 is 0. The van der Waals surface area contributed by atoms with Gasteiger partial charge in [0.15, 0.2) is 0 Å². The van der Waals surface area contributed by atoms with E-state index in [-0.39, 0.29) is 6.04 Å². The lowest BCUT2D eigenvalue weighted by atomic mass is 10.1. The van der Waals surface area contributed by atoms with Gasteiger partial charge in [0.25, 0.3) is 0 Å². The largest absolute Gasteiger partial charge is 0.373 e. The van der Waals surface area contributed by atoms with E-state index < -0.39 is 0 Å². The van der Waals surface area contributed by atoms with E-state index in [0.29, 0.717) is 5.92 Å². The summed E-state index contributed by atoms with van der Waals surface area (Å²) in [6.45, 7) is 7.50. The van der Waals surface area contributed by atoms with Gasteiger partial charge in [0.1, 0.15) is 0 Å². The summed E-state index contributed by atoms with van der Waals surface area (Å²) < 4.78 is 0. The highest BCUT2D eigenvalue weighted by Crippen LogP contribution is 2.16. The first-order chi connectivity index (χ1) is 7.54. The third-order valence-electron chi connectivity index (χ3n) is 2.96. The van der Waals surface area contributed by atoms with Gasteiger partial charge in [0.2, 0.25) is 0 Å². The molecule has 1 heterocycles. The van der Waals surface area contributed by atoms with E-state index in [2.05, 4.69) is 36.8 Å². The van der Waals surface area contributed by atoms with Crippen molar-refractivity contribution in [3.63, 3.8) is 0 Å². The number of hydrogen-bond donors (Lipinski definition) is 1. The normalized spacial score (nSPS) is 14.6. The fraction of sp³-hybridized carbons (Fsp3) is 0.615. The molecule has 90 valence electrons. The molecule has 0 aromatic carbocycles. The lowest BCUT2D eigenvalue weighted by Gasteiger charge is -2.22. The second-order valence-electron chi connectivity index (χ2n) is 4.62. The maximum atomic E-state index is 5.77. The minimum Gasteiger partial charge on any atom is -0.373 e. The molecule has 3 nitrogen and oxygen atoms in total. The number of rotatable bonds is 5. The molecule has 3 heteroatoms. The van der Waals surface area contributed by atoms with Gasteiger partial charge in [-0.15, -0.1) is 0 Å². The van der Waals surface area contributed by atoms with Crippen LogP contribution < -0.4 is 10.6 Å². The molecule has 2 unspecified atom stereocenters. The molecule has 2 N–H and O–H groups in total. The van der Waals surface area contributed by atoms with Crippen molar-refractivity contribution in [2.75, 3.05) is 18.5 Å². The molecule has 0 aliphatic heterocycles. The van der Waals surface area contributed by atoms with Crippen molar-refractivity contribution in [1.29, 1.82) is 0 Å². The summed E-state index contributed by atoms with van der Waals surface area (Å²) in [6.07, 6.45) is 3.11. The summed E-state index contributed by atoms with van der Waals surface area (Å²) in [4.78, 5) is 6.61. The van der Waals surface area contributed by atoms with Crippen LogP contribution in [-0.4, -0.2) is 18.6 Å². The van der Waals surface area contributed by atoms with Gasteiger partial charge in [-0.3, -0.25) is 4.98 Å². The molecule has 2 atom stereocenters. The summed E-state index contributed by atoms with van der Waals surface area (Å²) in [5, 5.41) is 0. The van der Waals surface area contributed by atoms with Gasteiger partial charge >= 0.3 is 0 Å². The number of nitrogens with zero attached hydrogens (tertiary/aromatic N) is 2. The third-order valence-corrected chi connectivity index (χ3v) is 2.96. The van der Waals surface area contributed by atoms with E-state index in [1.807, 2.05) is 19.2 Å². The van der Waals surface area contributed by atoms with E-state index in [0.717, 1.165) is 17.9 Å². The van der Waals surface area contributed by atoms with Gasteiger partial charge in [0, 0.05) is 19.6 Å². The minimum absolute atomic E-state index is 0.00826. The highest BCUT2D eigenvalue weighted by molar-refractivity contribution is 5.43. The monoisotopic (exact) mass is 221 g/mol. The quantitative estimate of drug-likeness (QED) is 0.831. The van der Waals surface area contributed by atoms with Crippen LogP contribution in [0.2, 0.25) is 0 Å². The highest BCUT2D eigenvalue weighted by atomic mass is 15.1. The molecule has 0 fully saturated rings. The maximum Gasteiger partial charge on any atom is 0.0569 e. The van der Waals surface area contributed by atoms with E-state index in [9.17, 15) is 0 Å². The Morgan fingerprint density at radius 1 is 1.38 bits per heavy atom. The summed E-state index contributed by atoms with van der Waals surface area (Å²) in [6, 6.07) is 4.11. The SMILES string of the molecule is CCC(C)CN(C)c1ccc(C(C)N)nc1. The predicted octanol–water partition coefficient (Wildman–Crippen LogP) is 2.58. The first-order valence-electron chi connectivity index (χ1n) is 5.97. The molecular weight excluding hydrogens is 198 g/mol. The first kappa shape index (κ1) is 13.0. The van der Waals surface area contributed by atoms with Crippen molar-refractivity contribution >= 4 is 5.69 Å². The second kappa shape index (κ2) is 5.85. The molecule has 0 aliphatic carbocycles. The highest BCUT2D eigenvalue weighted by Gasteiger charge is 2.07. The maximum absolute atomic E-state index is 5.77. The predicted molar refractivity (Wildman–Crippen MR) is 69.6 cm³/mol. The van der Waals surface area contributed by atoms with Crippen molar-refractivity contribution in [2.24, 2.45) is 11.7 Å². The summed E-state index contributed by atoms with van der Waals surface area (Å²) in [5.74, 6) is 0.707. The third kappa shape index (κ3) is 3.49. The smallest absolute Gasteiger partial charge is 0.0569 e. The van der Waals surface area contributed by atoms with Crippen LogP contribution in [0.3, 0.4) is 0 Å². The molecule has 0 saturated carbocycles. The van der Waals surface area contributed by atoms with Gasteiger partial charge in [-0.25, -0.2) is 0 Å². The zero-order chi connectivity index (χ0) is 12.1. The van der Waals surface area contributed by atoms with Crippen LogP contribution in [0.25, 0.3) is 0 Å². The molecule has 0 radical (unpaired) electrons. The Labute approximate surface area is 98.7 Å². The van der Waals surface area contributed by atoms with E-state index in [1.165, 1.54) is 6.42 Å². The van der Waals surface area contributed by atoms with Gasteiger partial charge in [-0.1, -0.05) is 20.3 Å². The van der Waals surface area contributed by atoms with E-state index >= 15 is 0 Å². The van der Waals surface area contributed by atoms with Crippen LogP contribution in [0.4, 0.5) is 5.69 Å². The molecule has 1 rings (SSSR count). The fourth-order valence-electron chi connectivity index (χ4n) is 1.59. The van der Waals surface area contributed by atoms with Crippen LogP contribution in [0.15, 0.2) is 18.3 Å². The Morgan fingerprint density at radius 3 is 2.50 bits per heavy atom. The van der Waals surface area contributed by atoms with Crippen molar-refractivity contribution in [2.45, 2.75) is 33.2 Å². The van der Waals surface area contributed by atoms with Crippen LogP contribution in [0.5, 0.6) is 0 Å². The Balaban J connectivity index is 2.66. The molecule has 0 spiro atoms. The molecular formula is C13H23N3. The first-order valence-corrected chi connectivity index (χ1v) is 5.97.